The summed E-state index contributed by atoms with van der Waals surface area (Å²) in [6.07, 6.45) is 1.03. The Hall–Kier alpha value is -3.18. The third-order valence-electron chi connectivity index (χ3n) is 6.70. The molecule has 164 valence electrons. The molecule has 1 amide bonds. The van der Waals surface area contributed by atoms with Crippen molar-refractivity contribution in [2.45, 2.75) is 37.3 Å². The quantitative estimate of drug-likeness (QED) is 0.567. The highest BCUT2D eigenvalue weighted by molar-refractivity contribution is 5.79. The van der Waals surface area contributed by atoms with Crippen LogP contribution in [-0.2, 0) is 4.74 Å². The van der Waals surface area contributed by atoms with Crippen LogP contribution in [0.5, 0.6) is 0 Å². The number of aliphatic hydroxyl groups excluding tert-OH is 1. The minimum atomic E-state index is -0.748. The van der Waals surface area contributed by atoms with Crippen molar-refractivity contribution in [2.24, 2.45) is 0 Å². The smallest absolute Gasteiger partial charge is 0.410 e. The molecule has 32 heavy (non-hydrogen) atoms. The van der Waals surface area contributed by atoms with E-state index in [1.807, 2.05) is 24.3 Å². The first-order chi connectivity index (χ1) is 15.6. The molecular formula is C27H26FNO3. The predicted molar refractivity (Wildman–Crippen MR) is 121 cm³/mol. The van der Waals surface area contributed by atoms with E-state index in [1.54, 1.807) is 17.0 Å². The minimum absolute atomic E-state index is 0.0252. The zero-order valence-corrected chi connectivity index (χ0v) is 17.8. The summed E-state index contributed by atoms with van der Waals surface area (Å²) in [5.41, 5.74) is 5.43. The Morgan fingerprint density at radius 3 is 2.28 bits per heavy atom. The van der Waals surface area contributed by atoms with E-state index in [2.05, 4.69) is 24.3 Å². The zero-order valence-electron chi connectivity index (χ0n) is 17.8. The van der Waals surface area contributed by atoms with Crippen molar-refractivity contribution in [3.05, 3.63) is 95.3 Å². The number of rotatable bonds is 5. The maximum Gasteiger partial charge on any atom is 0.410 e. The third kappa shape index (κ3) is 3.89. The monoisotopic (exact) mass is 431 g/mol. The number of aliphatic hydroxyl groups is 1. The second-order valence-corrected chi connectivity index (χ2v) is 8.60. The third-order valence-corrected chi connectivity index (χ3v) is 6.70. The zero-order chi connectivity index (χ0) is 22.1. The lowest BCUT2D eigenvalue weighted by molar-refractivity contribution is 0.0790. The van der Waals surface area contributed by atoms with Crippen LogP contribution in [0.4, 0.5) is 9.18 Å². The van der Waals surface area contributed by atoms with Crippen LogP contribution in [-0.4, -0.2) is 35.3 Å². The Bertz CT molecular complexity index is 1070. The van der Waals surface area contributed by atoms with E-state index >= 15 is 0 Å². The number of halogens is 1. The molecule has 2 atom stereocenters. The molecule has 0 aromatic heterocycles. The number of fused-ring (bicyclic) bond motifs is 3. The van der Waals surface area contributed by atoms with Crippen LogP contribution in [0.15, 0.2) is 72.8 Å². The van der Waals surface area contributed by atoms with Gasteiger partial charge in [0.1, 0.15) is 12.4 Å². The molecule has 1 saturated heterocycles. The standard InChI is InChI=1S/C27H26FNO3/c28-19-13-11-18(12-14-19)26(30)16-20-6-5-15-29(20)27(31)32-17-25-23-9-3-1-7-21(23)22-8-2-4-10-24(22)25/h1-4,7-14,20,25-26,30H,5-6,15-17H2. The summed E-state index contributed by atoms with van der Waals surface area (Å²) in [6.45, 7) is 0.911. The summed E-state index contributed by atoms with van der Waals surface area (Å²) in [6, 6.07) is 22.3. The molecule has 3 aromatic rings. The molecule has 1 fully saturated rings. The Morgan fingerprint density at radius 2 is 1.62 bits per heavy atom. The predicted octanol–water partition coefficient (Wildman–Crippen LogP) is 5.66. The Balaban J connectivity index is 1.25. The van der Waals surface area contributed by atoms with E-state index in [0.29, 0.717) is 18.5 Å². The average Bonchev–Trinajstić information content (AvgIpc) is 3.40. The molecule has 2 unspecified atom stereocenters. The van der Waals surface area contributed by atoms with Crippen LogP contribution in [0.25, 0.3) is 11.1 Å². The molecule has 0 saturated carbocycles. The first-order valence-electron chi connectivity index (χ1n) is 11.2. The number of hydrogen-bond donors (Lipinski definition) is 1. The van der Waals surface area contributed by atoms with Crippen LogP contribution in [0, 0.1) is 5.82 Å². The highest BCUT2D eigenvalue weighted by Crippen LogP contribution is 2.44. The van der Waals surface area contributed by atoms with Crippen molar-refractivity contribution in [3.63, 3.8) is 0 Å². The van der Waals surface area contributed by atoms with Gasteiger partial charge in [-0.05, 0) is 59.2 Å². The SMILES string of the molecule is O=C(OCC1c2ccccc2-c2ccccc21)N1CCCC1CC(O)c1ccc(F)cc1. The number of carbonyl (C=O) groups is 1. The lowest BCUT2D eigenvalue weighted by Crippen LogP contribution is -2.37. The number of amides is 1. The first kappa shape index (κ1) is 20.7. The molecule has 1 N–H and O–H groups in total. The van der Waals surface area contributed by atoms with Gasteiger partial charge in [0.25, 0.3) is 0 Å². The van der Waals surface area contributed by atoms with Gasteiger partial charge in [0, 0.05) is 18.5 Å². The van der Waals surface area contributed by atoms with Gasteiger partial charge in [-0.3, -0.25) is 0 Å². The van der Waals surface area contributed by atoms with Crippen LogP contribution in [0.2, 0.25) is 0 Å². The summed E-state index contributed by atoms with van der Waals surface area (Å²) in [5, 5.41) is 10.6. The number of hydrogen-bond acceptors (Lipinski definition) is 3. The molecule has 4 nitrogen and oxygen atoms in total. The molecule has 0 spiro atoms. The molecule has 1 aliphatic carbocycles. The molecule has 5 rings (SSSR count). The lowest BCUT2D eigenvalue weighted by atomic mass is 9.98. The molecule has 3 aromatic carbocycles. The van der Waals surface area contributed by atoms with Gasteiger partial charge in [-0.15, -0.1) is 0 Å². The second-order valence-electron chi connectivity index (χ2n) is 8.60. The van der Waals surface area contributed by atoms with Crippen molar-refractivity contribution in [2.75, 3.05) is 13.2 Å². The minimum Gasteiger partial charge on any atom is -0.448 e. The van der Waals surface area contributed by atoms with Gasteiger partial charge in [-0.25, -0.2) is 9.18 Å². The fraction of sp³-hybridized carbons (Fsp3) is 0.296. The van der Waals surface area contributed by atoms with Crippen LogP contribution < -0.4 is 0 Å². The second kappa shape index (κ2) is 8.75. The van der Waals surface area contributed by atoms with Crippen molar-refractivity contribution in [1.29, 1.82) is 0 Å². The van der Waals surface area contributed by atoms with Gasteiger partial charge >= 0.3 is 6.09 Å². The largest absolute Gasteiger partial charge is 0.448 e. The van der Waals surface area contributed by atoms with Crippen molar-refractivity contribution >= 4 is 6.09 Å². The molecule has 0 bridgehead atoms. The summed E-state index contributed by atoms with van der Waals surface area (Å²) in [5.74, 6) is -0.306. The Labute approximate surface area is 187 Å². The van der Waals surface area contributed by atoms with Crippen LogP contribution >= 0.6 is 0 Å². The molecule has 1 heterocycles. The molecule has 1 aliphatic heterocycles. The van der Waals surface area contributed by atoms with Gasteiger partial charge in [-0.1, -0.05) is 60.7 Å². The van der Waals surface area contributed by atoms with Crippen LogP contribution in [0.1, 0.15) is 48.0 Å². The Morgan fingerprint density at radius 1 is 1.00 bits per heavy atom. The van der Waals surface area contributed by atoms with E-state index in [9.17, 15) is 14.3 Å². The van der Waals surface area contributed by atoms with E-state index < -0.39 is 6.10 Å². The number of likely N-dealkylation sites (tertiary alicyclic amines) is 1. The van der Waals surface area contributed by atoms with Crippen molar-refractivity contribution in [1.82, 2.24) is 4.90 Å². The molecular weight excluding hydrogens is 405 g/mol. The normalized spacial score (nSPS) is 18.3. The van der Waals surface area contributed by atoms with Crippen molar-refractivity contribution < 1.29 is 19.0 Å². The van der Waals surface area contributed by atoms with Gasteiger partial charge in [0.2, 0.25) is 0 Å². The summed E-state index contributed by atoms with van der Waals surface area (Å²) in [4.78, 5) is 14.7. The van der Waals surface area contributed by atoms with Gasteiger partial charge in [0.15, 0.2) is 0 Å². The Kier molecular flexibility index (Phi) is 5.66. The fourth-order valence-corrected chi connectivity index (χ4v) is 5.08. The van der Waals surface area contributed by atoms with E-state index in [4.69, 9.17) is 4.74 Å². The van der Waals surface area contributed by atoms with Gasteiger partial charge in [0.05, 0.1) is 6.10 Å². The lowest BCUT2D eigenvalue weighted by Gasteiger charge is -2.27. The van der Waals surface area contributed by atoms with E-state index in [-0.39, 0.29) is 30.5 Å². The summed E-state index contributed by atoms with van der Waals surface area (Å²) in [7, 11) is 0. The van der Waals surface area contributed by atoms with E-state index in [0.717, 1.165) is 12.8 Å². The maximum atomic E-state index is 13.2. The average molecular weight is 432 g/mol. The number of ether oxygens (including phenoxy) is 1. The first-order valence-corrected chi connectivity index (χ1v) is 11.2. The molecule has 2 aliphatic rings. The highest BCUT2D eigenvalue weighted by atomic mass is 19.1. The topological polar surface area (TPSA) is 49.8 Å². The van der Waals surface area contributed by atoms with Crippen LogP contribution in [0.3, 0.4) is 0 Å². The fourth-order valence-electron chi connectivity index (χ4n) is 5.08. The number of nitrogens with zero attached hydrogens (tertiary/aromatic N) is 1. The highest BCUT2D eigenvalue weighted by Gasteiger charge is 2.34. The van der Waals surface area contributed by atoms with Crippen molar-refractivity contribution in [3.8, 4) is 11.1 Å². The summed E-state index contributed by atoms with van der Waals surface area (Å²) < 4.78 is 19.0. The maximum absolute atomic E-state index is 13.2. The molecule has 5 heteroatoms. The summed E-state index contributed by atoms with van der Waals surface area (Å²) >= 11 is 0. The number of carbonyl (C=O) groups excluding carboxylic acids is 1. The molecule has 0 radical (unpaired) electrons. The number of benzene rings is 3. The van der Waals surface area contributed by atoms with E-state index in [1.165, 1.54) is 34.4 Å². The van der Waals surface area contributed by atoms with Gasteiger partial charge < -0.3 is 14.7 Å². The van der Waals surface area contributed by atoms with Gasteiger partial charge in [-0.2, -0.15) is 0 Å².